The number of aromatic nitrogens is 1. The van der Waals surface area contributed by atoms with Crippen LogP contribution in [0, 0.1) is 5.41 Å². The van der Waals surface area contributed by atoms with Gasteiger partial charge in [-0.05, 0) is 0 Å². The van der Waals surface area contributed by atoms with Crippen LogP contribution < -0.4 is 10.6 Å². The number of nitrogens with zero attached hydrogens (tertiary/aromatic N) is 3. The van der Waals surface area contributed by atoms with Crippen molar-refractivity contribution >= 4 is 57.6 Å². The van der Waals surface area contributed by atoms with Gasteiger partial charge in [-0.1, -0.05) is 5.16 Å². The maximum Gasteiger partial charge on any atom is 0.471 e. The smallest absolute Gasteiger partial charge is 0.471 e. The molecule has 17 heteroatoms. The van der Waals surface area contributed by atoms with Crippen molar-refractivity contribution in [2.24, 2.45) is 10.6 Å². The molecular weight excluding hydrogens is 495 g/mol. The number of hydrogen-bond donors (Lipinski definition) is 4. The highest BCUT2D eigenvalue weighted by atomic mass is 32.2. The third-order valence-electron chi connectivity index (χ3n) is 4.81. The molecule has 3 atom stereocenters. The first-order chi connectivity index (χ1) is 15.4. The molecule has 3 rings (SSSR count). The molecule has 3 heterocycles. The zero-order valence-electron chi connectivity index (χ0n) is 16.6. The van der Waals surface area contributed by atoms with E-state index in [0.29, 0.717) is 11.3 Å². The fraction of sp³-hybridized carbons (Fsp3) is 0.500. The van der Waals surface area contributed by atoms with Gasteiger partial charge in [-0.3, -0.25) is 24.5 Å². The Bertz CT molecular complexity index is 1020. The van der Waals surface area contributed by atoms with Gasteiger partial charge < -0.3 is 25.3 Å². The Morgan fingerprint density at radius 2 is 2.12 bits per heavy atom. The number of halogens is 3. The quantitative estimate of drug-likeness (QED) is 0.213. The molecule has 2 fully saturated rings. The Morgan fingerprint density at radius 1 is 1.42 bits per heavy atom. The number of alkyl halides is 3. The van der Waals surface area contributed by atoms with Crippen LogP contribution in [0.5, 0.6) is 0 Å². The van der Waals surface area contributed by atoms with Crippen molar-refractivity contribution in [2.45, 2.75) is 17.6 Å². The second kappa shape index (κ2) is 9.14. The van der Waals surface area contributed by atoms with E-state index in [1.165, 1.54) is 4.90 Å². The van der Waals surface area contributed by atoms with Crippen LogP contribution in [-0.2, 0) is 24.0 Å². The average molecular weight is 511 g/mol. The standard InChI is InChI=1S/C16H16F3N5O7S2/c1-31-23-7(6-2-32-14(20-6)22-12(28)16(17,18)19)9(26)21-8-10(27)24-3-15(4-25,13(29)30)5-33-11(8)24/h2,8,11,25H,3-5H2,1H3,(H,21,26)(H,29,30)(H,20,22,28)/t8?,11-,15?/m1/s1. The van der Waals surface area contributed by atoms with Crippen LogP contribution >= 0.6 is 23.1 Å². The number of anilines is 1. The highest BCUT2D eigenvalue weighted by Gasteiger charge is 2.57. The van der Waals surface area contributed by atoms with Gasteiger partial charge in [0.15, 0.2) is 10.8 Å². The van der Waals surface area contributed by atoms with Crippen LogP contribution in [0.2, 0.25) is 0 Å². The molecule has 2 saturated heterocycles. The summed E-state index contributed by atoms with van der Waals surface area (Å²) in [6, 6.07) is -1.03. The predicted octanol–water partition coefficient (Wildman–Crippen LogP) is -0.542. The fourth-order valence-corrected chi connectivity index (χ4v) is 5.25. The van der Waals surface area contributed by atoms with Gasteiger partial charge in [-0.2, -0.15) is 13.2 Å². The molecule has 12 nitrogen and oxygen atoms in total. The van der Waals surface area contributed by atoms with Crippen LogP contribution in [0.4, 0.5) is 18.3 Å². The zero-order chi connectivity index (χ0) is 24.6. The van der Waals surface area contributed by atoms with Crippen molar-refractivity contribution in [2.75, 3.05) is 31.3 Å². The van der Waals surface area contributed by atoms with E-state index < -0.39 is 64.1 Å². The summed E-state index contributed by atoms with van der Waals surface area (Å²) in [5.74, 6) is -4.98. The summed E-state index contributed by atoms with van der Waals surface area (Å²) in [6.45, 7) is -0.889. The number of fused-ring (bicyclic) bond motifs is 1. The zero-order valence-corrected chi connectivity index (χ0v) is 18.2. The summed E-state index contributed by atoms with van der Waals surface area (Å²) >= 11 is 1.68. The third kappa shape index (κ3) is 4.74. The molecule has 33 heavy (non-hydrogen) atoms. The molecule has 180 valence electrons. The monoisotopic (exact) mass is 511 g/mol. The number of carboxylic acids is 1. The Hall–Kier alpha value is -2.92. The van der Waals surface area contributed by atoms with Gasteiger partial charge in [0, 0.05) is 17.7 Å². The number of thiazole rings is 1. The van der Waals surface area contributed by atoms with Crippen molar-refractivity contribution in [3.05, 3.63) is 11.1 Å². The van der Waals surface area contributed by atoms with E-state index in [4.69, 9.17) is 0 Å². The lowest BCUT2D eigenvalue weighted by Gasteiger charge is -2.53. The number of carboxylic acid groups (broad SMARTS) is 1. The number of oxime groups is 1. The number of aliphatic carboxylic acids is 1. The minimum atomic E-state index is -5.13. The lowest BCUT2D eigenvalue weighted by Crippen LogP contribution is -2.74. The number of aliphatic hydroxyl groups excluding tert-OH is 1. The summed E-state index contributed by atoms with van der Waals surface area (Å²) in [7, 11) is 1.11. The lowest BCUT2D eigenvalue weighted by atomic mass is 9.88. The number of carbonyl (C=O) groups is 4. The van der Waals surface area contributed by atoms with Crippen LogP contribution in [0.1, 0.15) is 5.69 Å². The Labute approximate surface area is 191 Å². The number of nitrogens with one attached hydrogen (secondary N) is 2. The molecule has 1 aromatic heterocycles. The number of aliphatic hydroxyl groups is 1. The molecule has 0 saturated carbocycles. The minimum Gasteiger partial charge on any atom is -0.481 e. The summed E-state index contributed by atoms with van der Waals surface area (Å²) in [4.78, 5) is 57.3. The van der Waals surface area contributed by atoms with E-state index in [9.17, 15) is 42.6 Å². The van der Waals surface area contributed by atoms with E-state index >= 15 is 0 Å². The fourth-order valence-electron chi connectivity index (χ4n) is 3.03. The molecule has 4 N–H and O–H groups in total. The molecule has 2 aliphatic rings. The molecule has 0 radical (unpaired) electrons. The number of rotatable bonds is 7. The lowest BCUT2D eigenvalue weighted by molar-refractivity contribution is -0.167. The minimum absolute atomic E-state index is 0.00696. The highest BCUT2D eigenvalue weighted by Crippen LogP contribution is 2.42. The van der Waals surface area contributed by atoms with Gasteiger partial charge in [-0.25, -0.2) is 4.98 Å². The number of β-lactam (4-membered cyclic amide) rings is 1. The summed E-state index contributed by atoms with van der Waals surface area (Å²) in [5, 5.41) is 26.5. The number of hydrogen-bond acceptors (Lipinski definition) is 10. The largest absolute Gasteiger partial charge is 0.481 e. The SMILES string of the molecule is CON=C(C(=O)NC1C(=O)N2CC(CO)(C(=O)O)CS[C@H]12)c1csc(NC(=O)C(F)(F)F)n1. The van der Waals surface area contributed by atoms with E-state index in [-0.39, 0.29) is 18.0 Å². The number of carbonyl (C=O) groups excluding carboxylic acids is 3. The Kier molecular flexibility index (Phi) is 6.85. The normalized spacial score (nSPS) is 25.1. The molecule has 3 amide bonds. The van der Waals surface area contributed by atoms with Crippen molar-refractivity contribution in [3.8, 4) is 0 Å². The van der Waals surface area contributed by atoms with E-state index in [0.717, 1.165) is 24.3 Å². The Morgan fingerprint density at radius 3 is 2.70 bits per heavy atom. The topological polar surface area (TPSA) is 171 Å². The third-order valence-corrected chi connectivity index (χ3v) is 7.16. The molecule has 0 bridgehead atoms. The Balaban J connectivity index is 1.69. The first-order valence-electron chi connectivity index (χ1n) is 8.96. The molecule has 0 aliphatic carbocycles. The maximum absolute atomic E-state index is 12.7. The number of thioether (sulfide) groups is 1. The van der Waals surface area contributed by atoms with Crippen LogP contribution in [-0.4, -0.2) is 93.1 Å². The molecule has 2 unspecified atom stereocenters. The summed E-state index contributed by atoms with van der Waals surface area (Å²) in [6.07, 6.45) is -5.13. The predicted molar refractivity (Wildman–Crippen MR) is 107 cm³/mol. The average Bonchev–Trinajstić information content (AvgIpc) is 3.22. The van der Waals surface area contributed by atoms with Gasteiger partial charge in [0.25, 0.3) is 5.91 Å². The van der Waals surface area contributed by atoms with Crippen LogP contribution in [0.3, 0.4) is 0 Å². The molecule has 0 spiro atoms. The van der Waals surface area contributed by atoms with Gasteiger partial charge in [-0.15, -0.1) is 23.1 Å². The van der Waals surface area contributed by atoms with Crippen LogP contribution in [0.15, 0.2) is 10.5 Å². The van der Waals surface area contributed by atoms with Crippen molar-refractivity contribution in [3.63, 3.8) is 0 Å². The van der Waals surface area contributed by atoms with Crippen molar-refractivity contribution < 1.29 is 47.4 Å². The van der Waals surface area contributed by atoms with Crippen LogP contribution in [0.25, 0.3) is 0 Å². The highest BCUT2D eigenvalue weighted by molar-refractivity contribution is 8.00. The van der Waals surface area contributed by atoms with Gasteiger partial charge in [0.1, 0.15) is 29.6 Å². The second-order valence-corrected chi connectivity index (χ2v) is 8.94. The molecule has 1 aromatic rings. The van der Waals surface area contributed by atoms with E-state index in [2.05, 4.69) is 20.3 Å². The molecular formula is C16H16F3N5O7S2. The first kappa shape index (κ1) is 24.7. The van der Waals surface area contributed by atoms with Gasteiger partial charge in [0.2, 0.25) is 5.91 Å². The summed E-state index contributed by atoms with van der Waals surface area (Å²) in [5.41, 5.74) is -2.17. The van der Waals surface area contributed by atoms with E-state index in [1.807, 2.05) is 0 Å². The van der Waals surface area contributed by atoms with Crippen molar-refractivity contribution in [1.29, 1.82) is 0 Å². The first-order valence-corrected chi connectivity index (χ1v) is 10.9. The van der Waals surface area contributed by atoms with Crippen molar-refractivity contribution in [1.82, 2.24) is 15.2 Å². The van der Waals surface area contributed by atoms with Gasteiger partial charge in [0.05, 0.1) is 6.61 Å². The second-order valence-electron chi connectivity index (χ2n) is 6.97. The molecule has 0 aromatic carbocycles. The summed E-state index contributed by atoms with van der Waals surface area (Å²) < 4.78 is 37.2. The number of amides is 3. The molecule has 2 aliphatic heterocycles. The maximum atomic E-state index is 12.7. The van der Waals surface area contributed by atoms with Gasteiger partial charge >= 0.3 is 18.1 Å². The van der Waals surface area contributed by atoms with E-state index in [1.54, 1.807) is 5.32 Å².